The monoisotopic (exact) mass is 295 g/mol. The van der Waals surface area contributed by atoms with Crippen LogP contribution in [0.3, 0.4) is 0 Å². The van der Waals surface area contributed by atoms with Crippen LogP contribution in [0.5, 0.6) is 0 Å². The molecule has 0 radical (unpaired) electrons. The van der Waals surface area contributed by atoms with Crippen LogP contribution in [0.2, 0.25) is 0 Å². The Morgan fingerprint density at radius 2 is 1.68 bits per heavy atom. The first-order chi connectivity index (χ1) is 10.8. The Hall–Kier alpha value is -1.97. The molecule has 0 saturated carbocycles. The molecule has 1 heterocycles. The molecule has 2 aromatic carbocycles. The second-order valence-electron chi connectivity index (χ2n) is 5.60. The molecule has 1 saturated heterocycles. The topological polar surface area (TPSA) is 29.5 Å². The largest absolute Gasteiger partial charge is 0.379 e. The molecule has 0 bridgehead atoms. The van der Waals surface area contributed by atoms with Crippen molar-refractivity contribution in [3.8, 4) is 0 Å². The van der Waals surface area contributed by atoms with Crippen molar-refractivity contribution >= 4 is 5.78 Å². The number of benzene rings is 2. The van der Waals surface area contributed by atoms with Gasteiger partial charge in [-0.1, -0.05) is 48.5 Å². The maximum Gasteiger partial charge on any atom is 0.193 e. The van der Waals surface area contributed by atoms with Crippen molar-refractivity contribution in [1.82, 2.24) is 4.90 Å². The van der Waals surface area contributed by atoms with Gasteiger partial charge in [0.05, 0.1) is 13.2 Å². The van der Waals surface area contributed by atoms with E-state index in [1.54, 1.807) is 0 Å². The Labute approximate surface area is 131 Å². The number of carbonyl (C=O) groups excluding carboxylic acids is 1. The molecular formula is C19H21NO2. The zero-order valence-electron chi connectivity index (χ0n) is 12.7. The van der Waals surface area contributed by atoms with E-state index < -0.39 is 0 Å². The van der Waals surface area contributed by atoms with E-state index >= 15 is 0 Å². The minimum absolute atomic E-state index is 0.0915. The van der Waals surface area contributed by atoms with E-state index in [2.05, 4.69) is 11.0 Å². The van der Waals surface area contributed by atoms with E-state index in [-0.39, 0.29) is 5.78 Å². The standard InChI is InChI=1S/C19H21NO2/c21-19(17-6-2-1-3-7-17)18-8-4-5-16(15-18)9-10-20-11-13-22-14-12-20/h1-8,15H,9-14H2. The molecule has 22 heavy (non-hydrogen) atoms. The highest BCUT2D eigenvalue weighted by molar-refractivity contribution is 6.09. The summed E-state index contributed by atoms with van der Waals surface area (Å²) in [4.78, 5) is 14.9. The van der Waals surface area contributed by atoms with Crippen LogP contribution in [-0.2, 0) is 11.2 Å². The predicted octanol–water partition coefficient (Wildman–Crippen LogP) is 2.79. The summed E-state index contributed by atoms with van der Waals surface area (Å²) in [5, 5.41) is 0. The zero-order chi connectivity index (χ0) is 15.2. The average molecular weight is 295 g/mol. The number of nitrogens with zero attached hydrogens (tertiary/aromatic N) is 1. The molecule has 1 fully saturated rings. The van der Waals surface area contributed by atoms with Crippen molar-refractivity contribution in [3.63, 3.8) is 0 Å². The first-order valence-corrected chi connectivity index (χ1v) is 7.82. The fourth-order valence-electron chi connectivity index (χ4n) is 2.74. The summed E-state index contributed by atoms with van der Waals surface area (Å²) in [5.41, 5.74) is 2.73. The number of hydrogen-bond acceptors (Lipinski definition) is 3. The Morgan fingerprint density at radius 3 is 2.45 bits per heavy atom. The van der Waals surface area contributed by atoms with Crippen LogP contribution in [0, 0.1) is 0 Å². The summed E-state index contributed by atoms with van der Waals surface area (Å²) in [6.45, 7) is 4.68. The molecule has 0 spiro atoms. The summed E-state index contributed by atoms with van der Waals surface area (Å²) in [5.74, 6) is 0.0915. The second kappa shape index (κ2) is 7.34. The molecule has 3 heteroatoms. The van der Waals surface area contributed by atoms with Gasteiger partial charge in [0.1, 0.15) is 0 Å². The summed E-state index contributed by atoms with van der Waals surface area (Å²) in [6, 6.07) is 17.4. The summed E-state index contributed by atoms with van der Waals surface area (Å²) < 4.78 is 5.36. The van der Waals surface area contributed by atoms with Crippen LogP contribution in [0.25, 0.3) is 0 Å². The van der Waals surface area contributed by atoms with E-state index in [0.29, 0.717) is 0 Å². The van der Waals surface area contributed by atoms with Crippen LogP contribution in [0.4, 0.5) is 0 Å². The van der Waals surface area contributed by atoms with E-state index in [1.807, 2.05) is 48.5 Å². The molecule has 114 valence electrons. The maximum absolute atomic E-state index is 12.5. The highest BCUT2D eigenvalue weighted by Gasteiger charge is 2.11. The molecule has 0 aromatic heterocycles. The number of morpholine rings is 1. The molecule has 0 atom stereocenters. The highest BCUT2D eigenvalue weighted by atomic mass is 16.5. The van der Waals surface area contributed by atoms with Gasteiger partial charge in [-0.15, -0.1) is 0 Å². The van der Waals surface area contributed by atoms with Gasteiger partial charge in [-0.25, -0.2) is 0 Å². The third-order valence-corrected chi connectivity index (χ3v) is 4.05. The van der Waals surface area contributed by atoms with Crippen molar-refractivity contribution in [3.05, 3.63) is 71.3 Å². The van der Waals surface area contributed by atoms with Crippen LogP contribution in [0.1, 0.15) is 21.5 Å². The van der Waals surface area contributed by atoms with Gasteiger partial charge in [0, 0.05) is 30.8 Å². The smallest absolute Gasteiger partial charge is 0.193 e. The molecule has 1 aliphatic heterocycles. The molecule has 0 N–H and O–H groups in total. The van der Waals surface area contributed by atoms with Gasteiger partial charge in [-0.3, -0.25) is 9.69 Å². The molecule has 0 aliphatic carbocycles. The van der Waals surface area contributed by atoms with Crippen LogP contribution in [0.15, 0.2) is 54.6 Å². The van der Waals surface area contributed by atoms with Crippen molar-refractivity contribution in [2.75, 3.05) is 32.8 Å². The van der Waals surface area contributed by atoms with Gasteiger partial charge in [0.25, 0.3) is 0 Å². The number of ether oxygens (including phenoxy) is 1. The number of ketones is 1. The van der Waals surface area contributed by atoms with Gasteiger partial charge in [0.2, 0.25) is 0 Å². The molecule has 2 aromatic rings. The third-order valence-electron chi connectivity index (χ3n) is 4.05. The maximum atomic E-state index is 12.5. The van der Waals surface area contributed by atoms with E-state index in [1.165, 1.54) is 5.56 Å². The lowest BCUT2D eigenvalue weighted by Gasteiger charge is -2.26. The first-order valence-electron chi connectivity index (χ1n) is 7.82. The summed E-state index contributed by atoms with van der Waals surface area (Å²) in [7, 11) is 0. The number of rotatable bonds is 5. The van der Waals surface area contributed by atoms with Crippen LogP contribution in [-0.4, -0.2) is 43.5 Å². The Bertz CT molecular complexity index is 618. The van der Waals surface area contributed by atoms with Crippen LogP contribution >= 0.6 is 0 Å². The lowest BCUT2D eigenvalue weighted by molar-refractivity contribution is 0.0384. The Kier molecular flexibility index (Phi) is 4.99. The van der Waals surface area contributed by atoms with Crippen molar-refractivity contribution in [2.45, 2.75) is 6.42 Å². The minimum Gasteiger partial charge on any atom is -0.379 e. The van der Waals surface area contributed by atoms with Crippen LogP contribution < -0.4 is 0 Å². The van der Waals surface area contributed by atoms with Crippen molar-refractivity contribution in [2.24, 2.45) is 0 Å². The van der Waals surface area contributed by atoms with Crippen molar-refractivity contribution < 1.29 is 9.53 Å². The van der Waals surface area contributed by atoms with E-state index in [0.717, 1.165) is 50.4 Å². The lowest BCUT2D eigenvalue weighted by Crippen LogP contribution is -2.37. The zero-order valence-corrected chi connectivity index (χ0v) is 12.7. The van der Waals surface area contributed by atoms with Gasteiger partial charge in [-0.05, 0) is 18.1 Å². The van der Waals surface area contributed by atoms with E-state index in [9.17, 15) is 4.79 Å². The van der Waals surface area contributed by atoms with Gasteiger partial charge < -0.3 is 4.74 Å². The Balaban J connectivity index is 1.66. The molecule has 0 amide bonds. The quantitative estimate of drug-likeness (QED) is 0.794. The van der Waals surface area contributed by atoms with Gasteiger partial charge in [0.15, 0.2) is 5.78 Å². The second-order valence-corrected chi connectivity index (χ2v) is 5.60. The third kappa shape index (κ3) is 3.81. The fourth-order valence-corrected chi connectivity index (χ4v) is 2.74. The summed E-state index contributed by atoms with van der Waals surface area (Å²) >= 11 is 0. The van der Waals surface area contributed by atoms with Gasteiger partial charge in [-0.2, -0.15) is 0 Å². The average Bonchev–Trinajstić information content (AvgIpc) is 2.61. The molecular weight excluding hydrogens is 274 g/mol. The van der Waals surface area contributed by atoms with Gasteiger partial charge >= 0.3 is 0 Å². The normalized spacial score (nSPS) is 15.6. The number of carbonyl (C=O) groups is 1. The molecule has 3 nitrogen and oxygen atoms in total. The molecule has 0 unspecified atom stereocenters. The Morgan fingerprint density at radius 1 is 0.955 bits per heavy atom. The minimum atomic E-state index is 0.0915. The predicted molar refractivity (Wildman–Crippen MR) is 87.3 cm³/mol. The SMILES string of the molecule is O=C(c1ccccc1)c1cccc(CCN2CCOCC2)c1. The molecule has 1 aliphatic rings. The van der Waals surface area contributed by atoms with Crippen molar-refractivity contribution in [1.29, 1.82) is 0 Å². The van der Waals surface area contributed by atoms with E-state index in [4.69, 9.17) is 4.74 Å². The highest BCUT2D eigenvalue weighted by Crippen LogP contribution is 2.13. The number of hydrogen-bond donors (Lipinski definition) is 0. The molecule has 3 rings (SSSR count). The summed E-state index contributed by atoms with van der Waals surface area (Å²) in [6.07, 6.45) is 0.968. The fraction of sp³-hybridized carbons (Fsp3) is 0.316. The lowest BCUT2D eigenvalue weighted by atomic mass is 10.0. The first kappa shape index (κ1) is 14.9.